The van der Waals surface area contributed by atoms with E-state index in [1.807, 2.05) is 6.07 Å². The minimum Gasteiger partial charge on any atom is -0.486 e. The summed E-state index contributed by atoms with van der Waals surface area (Å²) >= 11 is 9.63. The van der Waals surface area contributed by atoms with Crippen molar-refractivity contribution in [3.05, 3.63) is 57.2 Å². The number of hydrogen-bond acceptors (Lipinski definition) is 4. The molecule has 2 aromatic rings. The molecule has 0 aliphatic carbocycles. The van der Waals surface area contributed by atoms with Crippen LogP contribution in [0, 0.1) is 0 Å². The molecule has 24 heavy (non-hydrogen) atoms. The van der Waals surface area contributed by atoms with E-state index in [4.69, 9.17) is 22.1 Å². The second kappa shape index (κ2) is 7.23. The number of pyridine rings is 1. The van der Waals surface area contributed by atoms with Gasteiger partial charge in [0.2, 0.25) is 5.91 Å². The van der Waals surface area contributed by atoms with Gasteiger partial charge in [0.1, 0.15) is 17.7 Å². The van der Waals surface area contributed by atoms with Gasteiger partial charge in [-0.15, -0.1) is 0 Å². The molecule has 5 nitrogen and oxygen atoms in total. The van der Waals surface area contributed by atoms with E-state index in [-0.39, 0.29) is 12.0 Å². The summed E-state index contributed by atoms with van der Waals surface area (Å²) < 4.78 is 6.78. The summed E-state index contributed by atoms with van der Waals surface area (Å²) in [7, 11) is 0. The van der Waals surface area contributed by atoms with Gasteiger partial charge in [0.25, 0.3) is 0 Å². The molecular weight excluding hydrogens is 394 g/mol. The van der Waals surface area contributed by atoms with Crippen molar-refractivity contribution >= 4 is 45.3 Å². The van der Waals surface area contributed by atoms with Crippen molar-refractivity contribution in [1.82, 2.24) is 10.3 Å². The van der Waals surface area contributed by atoms with Crippen LogP contribution in [0.3, 0.4) is 0 Å². The fraction of sp³-hybridized carbons (Fsp3) is 0.176. The predicted molar refractivity (Wildman–Crippen MR) is 98.0 cm³/mol. The number of nitrogens with one attached hydrogen (secondary N) is 1. The van der Waals surface area contributed by atoms with Gasteiger partial charge in [0, 0.05) is 28.7 Å². The van der Waals surface area contributed by atoms with Gasteiger partial charge in [-0.1, -0.05) is 27.5 Å². The SMILES string of the molecule is Nc1ccc(/C=C/C(=O)NCC2Cc3c(Br)ccc(Cl)c3O2)cn1. The number of amides is 1. The predicted octanol–water partition coefficient (Wildman–Crippen LogP) is 3.21. The van der Waals surface area contributed by atoms with Crippen molar-refractivity contribution in [1.29, 1.82) is 0 Å². The zero-order chi connectivity index (χ0) is 17.1. The molecule has 7 heteroatoms. The van der Waals surface area contributed by atoms with Crippen LogP contribution in [0.2, 0.25) is 5.02 Å². The van der Waals surface area contributed by atoms with E-state index < -0.39 is 0 Å². The fourth-order valence-corrected chi connectivity index (χ4v) is 3.10. The third-order valence-electron chi connectivity index (χ3n) is 3.61. The first-order valence-electron chi connectivity index (χ1n) is 7.34. The number of carbonyl (C=O) groups is 1. The summed E-state index contributed by atoms with van der Waals surface area (Å²) in [6, 6.07) is 7.16. The van der Waals surface area contributed by atoms with Gasteiger partial charge in [0.15, 0.2) is 0 Å². The molecule has 0 saturated heterocycles. The summed E-state index contributed by atoms with van der Waals surface area (Å²) in [5.74, 6) is 0.935. The van der Waals surface area contributed by atoms with Crippen LogP contribution < -0.4 is 15.8 Å². The number of halogens is 2. The molecular formula is C17H15BrClN3O2. The lowest BCUT2D eigenvalue weighted by atomic mass is 10.1. The average molecular weight is 409 g/mol. The molecule has 0 spiro atoms. The van der Waals surface area contributed by atoms with Gasteiger partial charge in [0.05, 0.1) is 11.6 Å². The van der Waals surface area contributed by atoms with Crippen molar-refractivity contribution in [2.75, 3.05) is 12.3 Å². The summed E-state index contributed by atoms with van der Waals surface area (Å²) in [4.78, 5) is 15.9. The third-order valence-corrected chi connectivity index (χ3v) is 4.65. The molecule has 2 heterocycles. The van der Waals surface area contributed by atoms with Gasteiger partial charge < -0.3 is 15.8 Å². The van der Waals surface area contributed by atoms with Crippen LogP contribution in [0.4, 0.5) is 5.82 Å². The number of ether oxygens (including phenoxy) is 1. The van der Waals surface area contributed by atoms with Crippen molar-refractivity contribution in [3.8, 4) is 5.75 Å². The quantitative estimate of drug-likeness (QED) is 0.762. The van der Waals surface area contributed by atoms with Gasteiger partial charge in [-0.25, -0.2) is 4.98 Å². The van der Waals surface area contributed by atoms with Crippen LogP contribution in [0.15, 0.2) is 41.0 Å². The first kappa shape index (κ1) is 16.8. The Morgan fingerprint density at radius 1 is 1.46 bits per heavy atom. The summed E-state index contributed by atoms with van der Waals surface area (Å²) in [6.45, 7) is 0.403. The number of fused-ring (bicyclic) bond motifs is 1. The number of nitrogens with two attached hydrogens (primary N) is 1. The standard InChI is InChI=1S/C17H15BrClN3O2/c18-13-3-4-14(19)17-12(13)7-11(24-17)9-22-16(23)6-2-10-1-5-15(20)21-8-10/h1-6,8,11H,7,9H2,(H2,20,21)(H,22,23)/b6-2+. The van der Waals surface area contributed by atoms with Crippen LogP contribution in [-0.2, 0) is 11.2 Å². The number of nitrogen functional groups attached to an aromatic ring is 1. The molecule has 0 bridgehead atoms. The minimum atomic E-state index is -0.198. The number of anilines is 1. The maximum absolute atomic E-state index is 11.9. The first-order chi connectivity index (χ1) is 11.5. The lowest BCUT2D eigenvalue weighted by Gasteiger charge is -2.11. The molecule has 1 unspecified atom stereocenters. The molecule has 124 valence electrons. The Kier molecular flexibility index (Phi) is 5.06. The summed E-state index contributed by atoms with van der Waals surface area (Å²) in [5, 5.41) is 3.41. The molecule has 1 aromatic heterocycles. The highest BCUT2D eigenvalue weighted by atomic mass is 79.9. The number of hydrogen-bond donors (Lipinski definition) is 2. The van der Waals surface area contributed by atoms with E-state index in [1.165, 1.54) is 6.08 Å². The van der Waals surface area contributed by atoms with E-state index in [0.29, 0.717) is 29.6 Å². The topological polar surface area (TPSA) is 77.2 Å². The number of benzene rings is 1. The first-order valence-corrected chi connectivity index (χ1v) is 8.51. The van der Waals surface area contributed by atoms with Gasteiger partial charge in [-0.05, 0) is 35.9 Å². The molecule has 1 amide bonds. The normalized spacial score (nSPS) is 16.0. The molecule has 1 aliphatic heterocycles. The smallest absolute Gasteiger partial charge is 0.244 e. The Morgan fingerprint density at radius 3 is 3.00 bits per heavy atom. The van der Waals surface area contributed by atoms with Crippen LogP contribution >= 0.6 is 27.5 Å². The summed E-state index contributed by atoms with van der Waals surface area (Å²) in [6.07, 6.45) is 5.31. The highest BCUT2D eigenvalue weighted by Crippen LogP contribution is 2.40. The lowest BCUT2D eigenvalue weighted by Crippen LogP contribution is -2.33. The van der Waals surface area contributed by atoms with E-state index in [1.54, 1.807) is 30.5 Å². The second-order valence-corrected chi connectivity index (χ2v) is 6.64. The van der Waals surface area contributed by atoms with Gasteiger partial charge in [-0.3, -0.25) is 4.79 Å². The van der Waals surface area contributed by atoms with E-state index >= 15 is 0 Å². The maximum Gasteiger partial charge on any atom is 0.244 e. The molecule has 0 fully saturated rings. The molecule has 1 atom stereocenters. The zero-order valence-electron chi connectivity index (χ0n) is 12.6. The highest BCUT2D eigenvalue weighted by Gasteiger charge is 2.27. The van der Waals surface area contributed by atoms with Gasteiger partial charge in [-0.2, -0.15) is 0 Å². The summed E-state index contributed by atoms with van der Waals surface area (Å²) in [5.41, 5.74) is 7.35. The Bertz CT molecular complexity index is 762. The maximum atomic E-state index is 11.9. The van der Waals surface area contributed by atoms with Crippen LogP contribution in [0.1, 0.15) is 11.1 Å². The number of carbonyl (C=O) groups excluding carboxylic acids is 1. The average Bonchev–Trinajstić information content (AvgIpc) is 3.01. The Morgan fingerprint density at radius 2 is 2.29 bits per heavy atom. The number of aromatic nitrogens is 1. The van der Waals surface area contributed by atoms with Crippen molar-refractivity contribution in [2.24, 2.45) is 0 Å². The monoisotopic (exact) mass is 407 g/mol. The third kappa shape index (κ3) is 3.88. The van der Waals surface area contributed by atoms with E-state index in [0.717, 1.165) is 15.6 Å². The van der Waals surface area contributed by atoms with Crippen LogP contribution in [0.25, 0.3) is 6.08 Å². The largest absolute Gasteiger partial charge is 0.486 e. The fourth-order valence-electron chi connectivity index (χ4n) is 2.40. The van der Waals surface area contributed by atoms with Crippen LogP contribution in [0.5, 0.6) is 5.75 Å². The van der Waals surface area contributed by atoms with Crippen molar-refractivity contribution < 1.29 is 9.53 Å². The number of nitrogens with zero attached hydrogens (tertiary/aromatic N) is 1. The Labute approximate surface area is 153 Å². The van der Waals surface area contributed by atoms with E-state index in [2.05, 4.69) is 26.2 Å². The van der Waals surface area contributed by atoms with Crippen molar-refractivity contribution in [2.45, 2.75) is 12.5 Å². The molecule has 3 rings (SSSR count). The highest BCUT2D eigenvalue weighted by molar-refractivity contribution is 9.10. The second-order valence-electron chi connectivity index (χ2n) is 5.38. The number of rotatable bonds is 4. The molecule has 0 radical (unpaired) electrons. The van der Waals surface area contributed by atoms with Gasteiger partial charge >= 0.3 is 0 Å². The van der Waals surface area contributed by atoms with Crippen molar-refractivity contribution in [3.63, 3.8) is 0 Å². The Balaban J connectivity index is 1.53. The van der Waals surface area contributed by atoms with Crippen LogP contribution in [-0.4, -0.2) is 23.5 Å². The molecule has 1 aliphatic rings. The van der Waals surface area contributed by atoms with E-state index in [9.17, 15) is 4.79 Å². The Hall–Kier alpha value is -2.05. The minimum absolute atomic E-state index is 0.133. The molecule has 1 aromatic carbocycles. The molecule has 0 saturated carbocycles. The lowest BCUT2D eigenvalue weighted by molar-refractivity contribution is -0.116. The zero-order valence-corrected chi connectivity index (χ0v) is 15.0. The molecule has 3 N–H and O–H groups in total.